The Kier molecular flexibility index (Phi) is 6.35. The normalized spacial score (nSPS) is 11.8. The van der Waals surface area contributed by atoms with Gasteiger partial charge in [0.15, 0.2) is 0 Å². The maximum absolute atomic E-state index is 2.46. The molecule has 0 nitrogen and oxygen atoms in total. The summed E-state index contributed by atoms with van der Waals surface area (Å²) in [5, 5.41) is 15.4. The van der Waals surface area contributed by atoms with E-state index in [-0.39, 0.29) is 0 Å². The lowest BCUT2D eigenvalue weighted by molar-refractivity contribution is 1.62. The molecular formula is C52H32. The van der Waals surface area contributed by atoms with E-state index in [9.17, 15) is 0 Å². The van der Waals surface area contributed by atoms with Crippen molar-refractivity contribution in [3.8, 4) is 44.5 Å². The summed E-state index contributed by atoms with van der Waals surface area (Å²) in [7, 11) is 0. The van der Waals surface area contributed by atoms with E-state index in [4.69, 9.17) is 0 Å². The van der Waals surface area contributed by atoms with Gasteiger partial charge in [-0.2, -0.15) is 0 Å². The third-order valence-corrected chi connectivity index (χ3v) is 11.2. The van der Waals surface area contributed by atoms with Crippen LogP contribution in [0.5, 0.6) is 0 Å². The van der Waals surface area contributed by atoms with Gasteiger partial charge in [-0.25, -0.2) is 0 Å². The number of fused-ring (bicyclic) bond motifs is 3. The summed E-state index contributed by atoms with van der Waals surface area (Å²) in [6.45, 7) is 0. The second-order valence-electron chi connectivity index (χ2n) is 14.0. The Labute approximate surface area is 302 Å². The predicted molar refractivity (Wildman–Crippen MR) is 224 cm³/mol. The van der Waals surface area contributed by atoms with Crippen molar-refractivity contribution in [3.63, 3.8) is 0 Å². The van der Waals surface area contributed by atoms with Crippen molar-refractivity contribution in [1.29, 1.82) is 0 Å². The van der Waals surface area contributed by atoms with Crippen molar-refractivity contribution < 1.29 is 0 Å². The fraction of sp³-hybridized carbons (Fsp3) is 0. The van der Waals surface area contributed by atoms with Gasteiger partial charge in [0.1, 0.15) is 0 Å². The van der Waals surface area contributed by atoms with E-state index in [1.165, 1.54) is 109 Å². The van der Waals surface area contributed by atoms with Crippen LogP contribution in [0.4, 0.5) is 0 Å². The van der Waals surface area contributed by atoms with E-state index >= 15 is 0 Å². The van der Waals surface area contributed by atoms with Gasteiger partial charge in [0.25, 0.3) is 0 Å². The predicted octanol–water partition coefficient (Wildman–Crippen LogP) is 14.7. The first-order chi connectivity index (χ1) is 25.8. The molecule has 0 aliphatic heterocycles. The average Bonchev–Trinajstić information content (AvgIpc) is 3.22. The largest absolute Gasteiger partial charge is 0.0616 e. The molecule has 0 bridgehead atoms. The molecule has 0 amide bonds. The van der Waals surface area contributed by atoms with Gasteiger partial charge in [-0.1, -0.05) is 182 Å². The van der Waals surface area contributed by atoms with Crippen LogP contribution in [-0.2, 0) is 0 Å². The molecule has 0 heteroatoms. The molecule has 11 aromatic carbocycles. The van der Waals surface area contributed by atoms with Crippen LogP contribution in [0.25, 0.3) is 109 Å². The fourth-order valence-electron chi connectivity index (χ4n) is 8.85. The molecule has 0 fully saturated rings. The molecule has 0 radical (unpaired) electrons. The Hall–Kier alpha value is -6.76. The zero-order valence-electron chi connectivity index (χ0n) is 28.5. The first-order valence-corrected chi connectivity index (χ1v) is 18.1. The molecule has 0 N–H and O–H groups in total. The first-order valence-electron chi connectivity index (χ1n) is 18.1. The maximum atomic E-state index is 2.46. The summed E-state index contributed by atoms with van der Waals surface area (Å²) in [6, 6.07) is 71.9. The topological polar surface area (TPSA) is 0 Å². The Morgan fingerprint density at radius 1 is 0.192 bits per heavy atom. The van der Waals surface area contributed by atoms with Gasteiger partial charge in [0, 0.05) is 0 Å². The van der Waals surface area contributed by atoms with Crippen molar-refractivity contribution >= 4 is 64.6 Å². The van der Waals surface area contributed by atoms with Crippen LogP contribution in [0.3, 0.4) is 0 Å². The summed E-state index contributed by atoms with van der Waals surface area (Å²) in [5.74, 6) is 0. The van der Waals surface area contributed by atoms with Crippen molar-refractivity contribution in [2.75, 3.05) is 0 Å². The Bertz CT molecular complexity index is 3160. The number of hydrogen-bond acceptors (Lipinski definition) is 0. The fourth-order valence-corrected chi connectivity index (χ4v) is 8.85. The van der Waals surface area contributed by atoms with E-state index in [1.54, 1.807) is 0 Å². The lowest BCUT2D eigenvalue weighted by Gasteiger charge is -2.21. The van der Waals surface area contributed by atoms with Crippen LogP contribution in [0.1, 0.15) is 0 Å². The maximum Gasteiger partial charge on any atom is -0.00141 e. The van der Waals surface area contributed by atoms with Gasteiger partial charge in [-0.15, -0.1) is 0 Å². The highest BCUT2D eigenvalue weighted by molar-refractivity contribution is 6.31. The van der Waals surface area contributed by atoms with Crippen molar-refractivity contribution in [1.82, 2.24) is 0 Å². The van der Waals surface area contributed by atoms with E-state index in [0.717, 1.165) is 0 Å². The average molecular weight is 657 g/mol. The van der Waals surface area contributed by atoms with Crippen LogP contribution in [0.2, 0.25) is 0 Å². The standard InChI is InChI=1S/C52H32/c1-4-19-39-33(11-1)14-8-22-42(39)37-17-7-18-38(31-37)49-32-50(44-24-10-16-35-13-3-6-21-41(35)44)48-28-26-36-25-27-45(46-29-30-47(49)52(48)51(36)46)43-23-9-15-34-12-2-5-20-40(34)43/h1-32H. The van der Waals surface area contributed by atoms with Crippen LogP contribution in [-0.4, -0.2) is 0 Å². The number of rotatable bonds is 4. The zero-order valence-corrected chi connectivity index (χ0v) is 28.5. The summed E-state index contributed by atoms with van der Waals surface area (Å²) >= 11 is 0. The van der Waals surface area contributed by atoms with Crippen LogP contribution < -0.4 is 0 Å². The monoisotopic (exact) mass is 656 g/mol. The molecule has 0 aliphatic rings. The SMILES string of the molecule is c1cc(-c2cccc3ccccc23)cc(-c2cc(-c3cccc4ccccc34)c3ccc4ccc(-c5cccc6ccccc56)c5ccc2c3c45)c1. The molecule has 52 heavy (non-hydrogen) atoms. The number of hydrogen-bond donors (Lipinski definition) is 0. The summed E-state index contributed by atoms with van der Waals surface area (Å²) in [4.78, 5) is 0. The van der Waals surface area contributed by atoms with E-state index in [1.807, 2.05) is 0 Å². The van der Waals surface area contributed by atoms with Crippen molar-refractivity contribution in [2.24, 2.45) is 0 Å². The minimum atomic E-state index is 1.22. The molecule has 0 atom stereocenters. The van der Waals surface area contributed by atoms with Crippen LogP contribution in [0.15, 0.2) is 194 Å². The molecule has 0 saturated heterocycles. The highest BCUT2D eigenvalue weighted by Gasteiger charge is 2.20. The van der Waals surface area contributed by atoms with E-state index in [0.29, 0.717) is 0 Å². The molecule has 11 rings (SSSR count). The van der Waals surface area contributed by atoms with Crippen molar-refractivity contribution in [2.45, 2.75) is 0 Å². The second kappa shape index (κ2) is 11.4. The second-order valence-corrected chi connectivity index (χ2v) is 14.0. The Morgan fingerprint density at radius 2 is 0.615 bits per heavy atom. The van der Waals surface area contributed by atoms with E-state index < -0.39 is 0 Å². The van der Waals surface area contributed by atoms with Gasteiger partial charge in [0.05, 0.1) is 0 Å². The molecule has 11 aromatic rings. The summed E-state index contributed by atoms with van der Waals surface area (Å²) in [6.07, 6.45) is 0. The van der Waals surface area contributed by atoms with Gasteiger partial charge in [0.2, 0.25) is 0 Å². The van der Waals surface area contributed by atoms with Gasteiger partial charge < -0.3 is 0 Å². The number of benzene rings is 11. The quantitative estimate of drug-likeness (QED) is 0.165. The molecule has 0 heterocycles. The molecule has 0 aromatic heterocycles. The van der Waals surface area contributed by atoms with E-state index in [2.05, 4.69) is 194 Å². The minimum absolute atomic E-state index is 1.22. The van der Waals surface area contributed by atoms with Gasteiger partial charge >= 0.3 is 0 Å². The van der Waals surface area contributed by atoms with Gasteiger partial charge in [-0.3, -0.25) is 0 Å². The zero-order chi connectivity index (χ0) is 34.2. The highest BCUT2D eigenvalue weighted by Crippen LogP contribution is 2.48. The van der Waals surface area contributed by atoms with Crippen LogP contribution in [0, 0.1) is 0 Å². The minimum Gasteiger partial charge on any atom is -0.0616 e. The van der Waals surface area contributed by atoms with Crippen molar-refractivity contribution in [3.05, 3.63) is 194 Å². The molecule has 240 valence electrons. The first kappa shape index (κ1) is 29.0. The molecular weight excluding hydrogens is 625 g/mol. The van der Waals surface area contributed by atoms with Gasteiger partial charge in [-0.05, 0) is 121 Å². The smallest absolute Gasteiger partial charge is 0.00141 e. The van der Waals surface area contributed by atoms with Crippen LogP contribution >= 0.6 is 0 Å². The third kappa shape index (κ3) is 4.35. The molecule has 0 aliphatic carbocycles. The molecule has 0 spiro atoms. The molecule has 0 saturated carbocycles. The Morgan fingerprint density at radius 3 is 1.27 bits per heavy atom. The summed E-state index contributed by atoms with van der Waals surface area (Å²) < 4.78 is 0. The third-order valence-electron chi connectivity index (χ3n) is 11.2. The lowest BCUT2D eigenvalue weighted by Crippen LogP contribution is -1.93. The lowest BCUT2D eigenvalue weighted by atomic mass is 9.82. The molecule has 0 unspecified atom stereocenters. The highest BCUT2D eigenvalue weighted by atomic mass is 14.2. The summed E-state index contributed by atoms with van der Waals surface area (Å²) in [5.41, 5.74) is 10.0. The Balaban J connectivity index is 1.25.